The number of hydrogen-bond donors (Lipinski definition) is 0. The van der Waals surface area contributed by atoms with Gasteiger partial charge in [0.2, 0.25) is 0 Å². The van der Waals surface area contributed by atoms with Crippen LogP contribution in [-0.2, 0) is 16.9 Å². The smallest absolute Gasteiger partial charge is 0.358 e. The van der Waals surface area contributed by atoms with Gasteiger partial charge in [0.15, 0.2) is 0 Å². The average Bonchev–Trinajstić information content (AvgIpc) is 2.89. The topological polar surface area (TPSA) is 43.4 Å². The monoisotopic (exact) mass is 230 g/mol. The zero-order chi connectivity index (χ0) is 10.9. The highest BCUT2D eigenvalue weighted by Crippen LogP contribution is 2.35. The summed E-state index contributed by atoms with van der Waals surface area (Å²) in [5.41, 5.74) is 0.751. The molecule has 0 radical (unpaired) electrons. The Morgan fingerprint density at radius 1 is 1.33 bits per heavy atom. The van der Waals surface area contributed by atoms with Crippen molar-refractivity contribution in [3.8, 4) is 5.75 Å². The normalized spacial score (nSPS) is 16.3. The summed E-state index contributed by atoms with van der Waals surface area (Å²) in [7, 11) is -4.92. The van der Waals surface area contributed by atoms with Gasteiger partial charge in [0, 0.05) is 0 Å². The molecule has 1 fully saturated rings. The van der Waals surface area contributed by atoms with Gasteiger partial charge < -0.3 is 4.18 Å². The molecule has 0 aliphatic heterocycles. The van der Waals surface area contributed by atoms with Gasteiger partial charge in [0.05, 0.1) is 0 Å². The molecule has 0 bridgehead atoms. The molecule has 3 nitrogen and oxygen atoms in total. The van der Waals surface area contributed by atoms with E-state index in [2.05, 4.69) is 4.18 Å². The summed E-state index contributed by atoms with van der Waals surface area (Å²) in [5.74, 6) is 0.698. The van der Waals surface area contributed by atoms with Crippen molar-refractivity contribution in [1.82, 2.24) is 0 Å². The summed E-state index contributed by atoms with van der Waals surface area (Å²) in [6.45, 7) is 0. The van der Waals surface area contributed by atoms with Crippen LogP contribution in [0.1, 0.15) is 18.4 Å². The van der Waals surface area contributed by atoms with Gasteiger partial charge in [0.25, 0.3) is 0 Å². The van der Waals surface area contributed by atoms with Crippen molar-refractivity contribution < 1.29 is 16.5 Å². The molecule has 1 saturated carbocycles. The van der Waals surface area contributed by atoms with E-state index in [-0.39, 0.29) is 5.75 Å². The van der Waals surface area contributed by atoms with Gasteiger partial charge in [-0.15, -0.1) is 0 Å². The second-order valence-electron chi connectivity index (χ2n) is 3.73. The predicted octanol–water partition coefficient (Wildman–Crippen LogP) is 2.23. The van der Waals surface area contributed by atoms with E-state index in [9.17, 15) is 12.3 Å². The minimum absolute atomic E-state index is 0.104. The number of para-hydroxylation sites is 1. The van der Waals surface area contributed by atoms with E-state index < -0.39 is 10.5 Å². The molecule has 1 aliphatic carbocycles. The van der Waals surface area contributed by atoms with Crippen LogP contribution in [0.15, 0.2) is 24.3 Å². The van der Waals surface area contributed by atoms with Gasteiger partial charge >= 0.3 is 10.5 Å². The number of hydrogen-bond acceptors (Lipinski definition) is 3. The number of halogens is 1. The van der Waals surface area contributed by atoms with Crippen LogP contribution in [0, 0.1) is 5.92 Å². The molecule has 0 saturated heterocycles. The third-order valence-corrected chi connectivity index (χ3v) is 2.75. The largest absolute Gasteiger partial charge is 0.488 e. The molecular weight excluding hydrogens is 219 g/mol. The van der Waals surface area contributed by atoms with Gasteiger partial charge in [-0.25, -0.2) is 0 Å². The molecule has 0 heterocycles. The number of benzene rings is 1. The summed E-state index contributed by atoms with van der Waals surface area (Å²) in [5, 5.41) is 0. The van der Waals surface area contributed by atoms with E-state index in [0.29, 0.717) is 5.92 Å². The second kappa shape index (κ2) is 3.81. The highest BCUT2D eigenvalue weighted by Gasteiger charge is 2.24. The van der Waals surface area contributed by atoms with Crippen LogP contribution in [-0.4, -0.2) is 8.42 Å². The average molecular weight is 230 g/mol. The van der Waals surface area contributed by atoms with Crippen LogP contribution in [0.5, 0.6) is 5.75 Å². The molecule has 2 rings (SSSR count). The zero-order valence-corrected chi connectivity index (χ0v) is 8.84. The minimum atomic E-state index is -4.92. The lowest BCUT2D eigenvalue weighted by atomic mass is 10.1. The first-order valence-corrected chi connectivity index (χ1v) is 6.07. The molecule has 15 heavy (non-hydrogen) atoms. The Morgan fingerprint density at radius 2 is 2.00 bits per heavy atom. The van der Waals surface area contributed by atoms with Gasteiger partial charge in [0.1, 0.15) is 5.75 Å². The highest BCUT2D eigenvalue weighted by molar-refractivity contribution is 7.81. The summed E-state index contributed by atoms with van der Waals surface area (Å²) >= 11 is 0. The molecular formula is C10H11FO3S. The van der Waals surface area contributed by atoms with Crippen molar-refractivity contribution in [2.75, 3.05) is 0 Å². The van der Waals surface area contributed by atoms with Crippen molar-refractivity contribution in [2.45, 2.75) is 19.3 Å². The fourth-order valence-corrected chi connectivity index (χ4v) is 1.87. The van der Waals surface area contributed by atoms with Crippen LogP contribution in [0.25, 0.3) is 0 Å². The Balaban J connectivity index is 2.20. The van der Waals surface area contributed by atoms with Crippen LogP contribution in [0.3, 0.4) is 0 Å². The van der Waals surface area contributed by atoms with E-state index >= 15 is 0 Å². The Morgan fingerprint density at radius 3 is 2.60 bits per heavy atom. The summed E-state index contributed by atoms with van der Waals surface area (Å²) in [6, 6.07) is 6.64. The zero-order valence-electron chi connectivity index (χ0n) is 8.02. The highest BCUT2D eigenvalue weighted by atomic mass is 32.3. The van der Waals surface area contributed by atoms with Crippen molar-refractivity contribution in [1.29, 1.82) is 0 Å². The van der Waals surface area contributed by atoms with Crippen molar-refractivity contribution in [3.05, 3.63) is 29.8 Å². The Labute approximate surface area is 88.3 Å². The Bertz CT molecular complexity index is 451. The minimum Gasteiger partial charge on any atom is -0.358 e. The first-order chi connectivity index (χ1) is 7.04. The summed E-state index contributed by atoms with van der Waals surface area (Å²) in [4.78, 5) is 0. The molecule has 0 unspecified atom stereocenters. The van der Waals surface area contributed by atoms with E-state index in [0.717, 1.165) is 24.8 Å². The molecule has 1 aliphatic rings. The first kappa shape index (κ1) is 10.4. The maximum Gasteiger partial charge on any atom is 0.488 e. The molecule has 0 N–H and O–H groups in total. The van der Waals surface area contributed by atoms with E-state index in [4.69, 9.17) is 0 Å². The third-order valence-electron chi connectivity index (χ3n) is 2.37. The Hall–Kier alpha value is -1.10. The molecule has 5 heteroatoms. The lowest BCUT2D eigenvalue weighted by Crippen LogP contribution is -2.04. The molecule has 0 aromatic heterocycles. The molecule has 0 amide bonds. The van der Waals surface area contributed by atoms with E-state index in [1.54, 1.807) is 18.2 Å². The number of rotatable bonds is 4. The van der Waals surface area contributed by atoms with Gasteiger partial charge in [-0.2, -0.15) is 8.42 Å². The molecule has 1 aromatic rings. The molecule has 1 aromatic carbocycles. The van der Waals surface area contributed by atoms with Crippen LogP contribution in [0.4, 0.5) is 3.89 Å². The lowest BCUT2D eigenvalue weighted by molar-refractivity contribution is 0.437. The van der Waals surface area contributed by atoms with Crippen LogP contribution >= 0.6 is 0 Å². The maximum absolute atomic E-state index is 12.4. The fourth-order valence-electron chi connectivity index (χ4n) is 1.49. The standard InChI is InChI=1S/C10H11FO3S/c11-15(12,13)14-10-4-2-1-3-9(10)7-8-5-6-8/h1-4,8H,5-7H2. The molecule has 82 valence electrons. The second-order valence-corrected chi connectivity index (χ2v) is 4.68. The fraction of sp³-hybridized carbons (Fsp3) is 0.400. The maximum atomic E-state index is 12.4. The summed E-state index contributed by atoms with van der Waals surface area (Å²) in [6.07, 6.45) is 3.05. The quantitative estimate of drug-likeness (QED) is 0.745. The van der Waals surface area contributed by atoms with Gasteiger partial charge in [-0.1, -0.05) is 22.1 Å². The van der Waals surface area contributed by atoms with Gasteiger partial charge in [-0.3, -0.25) is 0 Å². The van der Waals surface area contributed by atoms with E-state index in [1.165, 1.54) is 6.07 Å². The molecule has 0 spiro atoms. The molecule has 0 atom stereocenters. The van der Waals surface area contributed by atoms with Crippen molar-refractivity contribution in [3.63, 3.8) is 0 Å². The van der Waals surface area contributed by atoms with Gasteiger partial charge in [-0.05, 0) is 36.8 Å². The predicted molar refractivity (Wildman–Crippen MR) is 53.5 cm³/mol. The van der Waals surface area contributed by atoms with Crippen molar-refractivity contribution >= 4 is 10.5 Å². The van der Waals surface area contributed by atoms with Crippen molar-refractivity contribution in [2.24, 2.45) is 5.92 Å². The van der Waals surface area contributed by atoms with Crippen LogP contribution < -0.4 is 4.18 Å². The Kier molecular flexibility index (Phi) is 2.65. The summed E-state index contributed by atoms with van der Waals surface area (Å²) < 4.78 is 37.4. The third kappa shape index (κ3) is 3.20. The lowest BCUT2D eigenvalue weighted by Gasteiger charge is -2.06. The first-order valence-electron chi connectivity index (χ1n) is 4.76. The SMILES string of the molecule is O=S(=O)(F)Oc1ccccc1CC1CC1. The van der Waals surface area contributed by atoms with Crippen LogP contribution in [0.2, 0.25) is 0 Å². The van der Waals surface area contributed by atoms with E-state index in [1.807, 2.05) is 0 Å².